The van der Waals surface area contributed by atoms with Gasteiger partial charge in [-0.2, -0.15) is 0 Å². The van der Waals surface area contributed by atoms with Gasteiger partial charge in [-0.05, 0) is 31.5 Å². The topological polar surface area (TPSA) is 92.9 Å². The summed E-state index contributed by atoms with van der Waals surface area (Å²) in [6.45, 7) is 1.65. The molecule has 0 aliphatic rings. The Bertz CT molecular complexity index is 659. The predicted molar refractivity (Wildman–Crippen MR) is 87.7 cm³/mol. The summed E-state index contributed by atoms with van der Waals surface area (Å²) in [5.41, 5.74) is 6.97. The molecular weight excluding hydrogens is 280 g/mol. The number of hydrogen-bond acceptors (Lipinski definition) is 3. The number of rotatable bonds is 9. The van der Waals surface area contributed by atoms with Crippen molar-refractivity contribution in [2.75, 3.05) is 13.1 Å². The molecule has 4 N–H and O–H groups in total. The first kappa shape index (κ1) is 16.3. The minimum Gasteiger partial charge on any atom is -0.354 e. The van der Waals surface area contributed by atoms with Gasteiger partial charge >= 0.3 is 5.69 Å². The van der Waals surface area contributed by atoms with Gasteiger partial charge in [0.1, 0.15) is 0 Å². The molecule has 0 atom stereocenters. The molecule has 1 aromatic heterocycles. The maximum absolute atomic E-state index is 11.9. The molecule has 0 unspecified atom stereocenters. The lowest BCUT2D eigenvalue weighted by molar-refractivity contribution is -0.121. The lowest BCUT2D eigenvalue weighted by atomic mass is 10.1. The Balaban J connectivity index is 1.75. The van der Waals surface area contributed by atoms with E-state index in [9.17, 15) is 9.59 Å². The number of amides is 1. The minimum absolute atomic E-state index is 0.0423. The second kappa shape index (κ2) is 8.38. The lowest BCUT2D eigenvalue weighted by Gasteiger charge is -2.06. The average Bonchev–Trinajstić information content (AvgIpc) is 2.83. The molecule has 2 aromatic rings. The fourth-order valence-corrected chi connectivity index (χ4v) is 2.51. The quantitative estimate of drug-likeness (QED) is 0.611. The highest BCUT2D eigenvalue weighted by atomic mass is 16.2. The molecule has 0 spiro atoms. The number of carbonyl (C=O) groups excluding carboxylic acids is 1. The van der Waals surface area contributed by atoms with E-state index in [0.717, 1.165) is 36.7 Å². The molecule has 1 heterocycles. The number of nitrogens with two attached hydrogens (primary N) is 1. The van der Waals surface area contributed by atoms with E-state index in [2.05, 4.69) is 10.3 Å². The second-order valence-electron chi connectivity index (χ2n) is 5.40. The maximum Gasteiger partial charge on any atom is 0.326 e. The molecule has 0 aliphatic heterocycles. The maximum atomic E-state index is 11.9. The van der Waals surface area contributed by atoms with Gasteiger partial charge in [-0.1, -0.05) is 25.0 Å². The smallest absolute Gasteiger partial charge is 0.326 e. The van der Waals surface area contributed by atoms with E-state index in [0.29, 0.717) is 26.1 Å². The fraction of sp³-hybridized carbons (Fsp3) is 0.500. The first-order valence-electron chi connectivity index (χ1n) is 7.86. The third-order valence-corrected chi connectivity index (χ3v) is 3.70. The Morgan fingerprint density at radius 2 is 1.95 bits per heavy atom. The summed E-state index contributed by atoms with van der Waals surface area (Å²) in [5, 5.41) is 2.87. The van der Waals surface area contributed by atoms with Crippen LogP contribution in [0.4, 0.5) is 0 Å². The largest absolute Gasteiger partial charge is 0.354 e. The molecule has 22 heavy (non-hydrogen) atoms. The highest BCUT2D eigenvalue weighted by Crippen LogP contribution is 2.08. The van der Waals surface area contributed by atoms with E-state index in [1.54, 1.807) is 4.57 Å². The third kappa shape index (κ3) is 4.46. The van der Waals surface area contributed by atoms with Crippen molar-refractivity contribution in [1.82, 2.24) is 14.9 Å². The predicted octanol–water partition coefficient (Wildman–Crippen LogP) is 1.36. The molecular formula is C16H24N4O2. The van der Waals surface area contributed by atoms with Crippen LogP contribution in [0.3, 0.4) is 0 Å². The summed E-state index contributed by atoms with van der Waals surface area (Å²) >= 11 is 0. The van der Waals surface area contributed by atoms with E-state index >= 15 is 0 Å². The van der Waals surface area contributed by atoms with Crippen LogP contribution < -0.4 is 16.7 Å². The minimum atomic E-state index is -0.141. The van der Waals surface area contributed by atoms with Crippen LogP contribution in [-0.2, 0) is 11.3 Å². The van der Waals surface area contributed by atoms with Crippen LogP contribution in [-0.4, -0.2) is 28.5 Å². The van der Waals surface area contributed by atoms with Crippen LogP contribution in [0, 0.1) is 0 Å². The normalized spacial score (nSPS) is 11.0. The number of fused-ring (bicyclic) bond motifs is 1. The van der Waals surface area contributed by atoms with Crippen molar-refractivity contribution in [1.29, 1.82) is 0 Å². The Kier molecular flexibility index (Phi) is 6.21. The molecule has 2 rings (SSSR count). The van der Waals surface area contributed by atoms with E-state index in [4.69, 9.17) is 5.73 Å². The first-order valence-corrected chi connectivity index (χ1v) is 7.86. The molecule has 120 valence electrons. The number of aromatic amines is 1. The fourth-order valence-electron chi connectivity index (χ4n) is 2.51. The number of nitrogens with one attached hydrogen (secondary N) is 2. The Labute approximate surface area is 129 Å². The highest BCUT2D eigenvalue weighted by Gasteiger charge is 2.06. The summed E-state index contributed by atoms with van der Waals surface area (Å²) in [4.78, 5) is 26.4. The van der Waals surface area contributed by atoms with Crippen LogP contribution in [0.1, 0.15) is 32.1 Å². The third-order valence-electron chi connectivity index (χ3n) is 3.70. The second-order valence-corrected chi connectivity index (χ2v) is 5.40. The van der Waals surface area contributed by atoms with Crippen molar-refractivity contribution >= 4 is 16.9 Å². The number of benzene rings is 1. The molecule has 1 aromatic carbocycles. The van der Waals surface area contributed by atoms with Gasteiger partial charge in [-0.25, -0.2) is 4.79 Å². The van der Waals surface area contributed by atoms with Crippen molar-refractivity contribution in [2.45, 2.75) is 38.6 Å². The Morgan fingerprint density at radius 3 is 2.77 bits per heavy atom. The van der Waals surface area contributed by atoms with E-state index in [-0.39, 0.29) is 11.6 Å². The molecule has 6 nitrogen and oxygen atoms in total. The zero-order chi connectivity index (χ0) is 15.8. The first-order chi connectivity index (χ1) is 10.7. The summed E-state index contributed by atoms with van der Waals surface area (Å²) in [7, 11) is 0. The molecule has 0 bridgehead atoms. The Hall–Kier alpha value is -2.08. The molecule has 0 radical (unpaired) electrons. The summed E-state index contributed by atoms with van der Waals surface area (Å²) in [6.07, 6.45) is 4.55. The monoisotopic (exact) mass is 304 g/mol. The van der Waals surface area contributed by atoms with Crippen molar-refractivity contribution in [3.8, 4) is 0 Å². The van der Waals surface area contributed by atoms with Crippen LogP contribution in [0.5, 0.6) is 0 Å². The number of H-pyrrole nitrogens is 1. The van der Waals surface area contributed by atoms with Crippen LogP contribution in [0.2, 0.25) is 0 Å². The zero-order valence-corrected chi connectivity index (χ0v) is 12.8. The number of imidazole rings is 1. The number of para-hydroxylation sites is 2. The van der Waals surface area contributed by atoms with Gasteiger partial charge in [0.05, 0.1) is 11.0 Å². The summed E-state index contributed by atoms with van der Waals surface area (Å²) < 4.78 is 1.65. The molecule has 0 fully saturated rings. The summed E-state index contributed by atoms with van der Waals surface area (Å²) in [6, 6.07) is 7.54. The molecule has 0 aliphatic carbocycles. The number of unbranched alkanes of at least 4 members (excludes halogenated alkanes) is 3. The van der Waals surface area contributed by atoms with Gasteiger partial charge in [0.15, 0.2) is 0 Å². The van der Waals surface area contributed by atoms with Gasteiger partial charge in [0, 0.05) is 19.5 Å². The van der Waals surface area contributed by atoms with Crippen molar-refractivity contribution in [3.63, 3.8) is 0 Å². The standard InChI is InChI=1S/C16H24N4O2/c17-10-6-2-1-3-9-15(21)18-11-12-20-14-8-5-4-7-13(14)19-16(20)22/h4-5,7-8H,1-3,6,9-12,17H2,(H,18,21)(H,19,22). The molecule has 1 amide bonds. The average molecular weight is 304 g/mol. The van der Waals surface area contributed by atoms with E-state index in [1.807, 2.05) is 24.3 Å². The van der Waals surface area contributed by atoms with Gasteiger partial charge in [0.2, 0.25) is 5.91 Å². The molecule has 0 saturated heterocycles. The van der Waals surface area contributed by atoms with Gasteiger partial charge < -0.3 is 16.0 Å². The van der Waals surface area contributed by atoms with Gasteiger partial charge in [-0.15, -0.1) is 0 Å². The van der Waals surface area contributed by atoms with E-state index < -0.39 is 0 Å². The number of nitrogens with zero attached hydrogens (tertiary/aromatic N) is 1. The Morgan fingerprint density at radius 1 is 1.18 bits per heavy atom. The van der Waals surface area contributed by atoms with Crippen LogP contribution in [0.25, 0.3) is 11.0 Å². The van der Waals surface area contributed by atoms with Gasteiger partial charge in [0.25, 0.3) is 0 Å². The van der Waals surface area contributed by atoms with Crippen molar-refractivity contribution in [2.24, 2.45) is 5.73 Å². The SMILES string of the molecule is NCCCCCCC(=O)NCCn1c(=O)[nH]c2ccccc21. The number of carbonyl (C=O) groups is 1. The number of hydrogen-bond donors (Lipinski definition) is 3. The summed E-state index contributed by atoms with van der Waals surface area (Å²) in [5.74, 6) is 0.0423. The van der Waals surface area contributed by atoms with Crippen LogP contribution in [0.15, 0.2) is 29.1 Å². The van der Waals surface area contributed by atoms with E-state index in [1.165, 1.54) is 0 Å². The molecule has 6 heteroatoms. The number of aromatic nitrogens is 2. The lowest BCUT2D eigenvalue weighted by Crippen LogP contribution is -2.29. The van der Waals surface area contributed by atoms with Gasteiger partial charge in [-0.3, -0.25) is 9.36 Å². The molecule has 0 saturated carbocycles. The zero-order valence-electron chi connectivity index (χ0n) is 12.8. The van der Waals surface area contributed by atoms with Crippen molar-refractivity contribution in [3.05, 3.63) is 34.7 Å². The highest BCUT2D eigenvalue weighted by molar-refractivity contribution is 5.76. The van der Waals surface area contributed by atoms with Crippen molar-refractivity contribution < 1.29 is 4.79 Å². The van der Waals surface area contributed by atoms with Crippen LogP contribution >= 0.6 is 0 Å².